The van der Waals surface area contributed by atoms with Crippen molar-refractivity contribution in [3.8, 4) is 0 Å². The van der Waals surface area contributed by atoms with Crippen molar-refractivity contribution in [2.45, 2.75) is 55.9 Å². The highest BCUT2D eigenvalue weighted by Crippen LogP contribution is 2.54. The maximum absolute atomic E-state index is 13.2. The number of alkyl halides is 3. The maximum atomic E-state index is 13.2. The van der Waals surface area contributed by atoms with Crippen LogP contribution in [-0.2, 0) is 22.0 Å². The van der Waals surface area contributed by atoms with Gasteiger partial charge in [-0.2, -0.15) is 13.2 Å². The van der Waals surface area contributed by atoms with Crippen molar-refractivity contribution in [3.05, 3.63) is 83.1 Å². The minimum absolute atomic E-state index is 0.0608. The lowest BCUT2D eigenvalue weighted by Crippen LogP contribution is -2.43. The average molecular weight is 511 g/mol. The van der Waals surface area contributed by atoms with E-state index in [4.69, 9.17) is 0 Å². The fraction of sp³-hybridized carbons (Fsp3) is 0.321. The number of anilines is 1. The number of hydrogen-bond acceptors (Lipinski definition) is 5. The summed E-state index contributed by atoms with van der Waals surface area (Å²) in [6.45, 7) is 2.84. The Hall–Kier alpha value is -3.56. The molecule has 0 bridgehead atoms. The van der Waals surface area contributed by atoms with Crippen molar-refractivity contribution < 1.29 is 33.0 Å². The quantitative estimate of drug-likeness (QED) is 0.448. The van der Waals surface area contributed by atoms with E-state index in [-0.39, 0.29) is 29.1 Å². The van der Waals surface area contributed by atoms with Gasteiger partial charge in [0.25, 0.3) is 5.91 Å². The number of halogens is 3. The van der Waals surface area contributed by atoms with Crippen molar-refractivity contribution in [2.24, 2.45) is 0 Å². The summed E-state index contributed by atoms with van der Waals surface area (Å²) in [6, 6.07) is 11.6. The zero-order valence-electron chi connectivity index (χ0n) is 20.2. The number of benzene rings is 2. The van der Waals surface area contributed by atoms with E-state index in [1.54, 1.807) is 30.3 Å². The molecule has 1 fully saturated rings. The molecular formula is C28H25F3N2O4. The van der Waals surface area contributed by atoms with Crippen LogP contribution in [0.5, 0.6) is 0 Å². The number of pyridine rings is 1. The number of carbonyl (C=O) groups is 2. The summed E-state index contributed by atoms with van der Waals surface area (Å²) in [5, 5.41) is 25.1. The third kappa shape index (κ3) is 4.53. The van der Waals surface area contributed by atoms with Crippen LogP contribution in [0.1, 0.15) is 60.3 Å². The summed E-state index contributed by atoms with van der Waals surface area (Å²) < 4.78 is 39.7. The molecular weight excluding hydrogens is 485 g/mol. The van der Waals surface area contributed by atoms with Gasteiger partial charge in [0.15, 0.2) is 5.78 Å². The van der Waals surface area contributed by atoms with Gasteiger partial charge >= 0.3 is 6.18 Å². The summed E-state index contributed by atoms with van der Waals surface area (Å²) in [5.41, 5.74) is -3.43. The van der Waals surface area contributed by atoms with Crippen LogP contribution in [0.4, 0.5) is 18.9 Å². The number of hydrogen-bond donors (Lipinski definition) is 3. The Morgan fingerprint density at radius 2 is 1.84 bits per heavy atom. The van der Waals surface area contributed by atoms with Gasteiger partial charge in [0.1, 0.15) is 11.2 Å². The van der Waals surface area contributed by atoms with Crippen LogP contribution in [0, 0.1) is 0 Å². The van der Waals surface area contributed by atoms with Crippen molar-refractivity contribution in [1.82, 2.24) is 4.98 Å². The molecule has 0 saturated heterocycles. The van der Waals surface area contributed by atoms with E-state index in [0.29, 0.717) is 29.3 Å². The number of aliphatic hydroxyl groups is 2. The first-order valence-electron chi connectivity index (χ1n) is 11.8. The zero-order chi connectivity index (χ0) is 26.8. The summed E-state index contributed by atoms with van der Waals surface area (Å²) in [4.78, 5) is 30.1. The van der Waals surface area contributed by atoms with E-state index < -0.39 is 34.3 Å². The molecule has 2 atom stereocenters. The highest BCUT2D eigenvalue weighted by atomic mass is 19.4. The van der Waals surface area contributed by atoms with Crippen LogP contribution in [0.3, 0.4) is 0 Å². The lowest BCUT2D eigenvalue weighted by molar-refractivity contribution is -0.137. The zero-order valence-corrected chi connectivity index (χ0v) is 20.2. The molecule has 2 unspecified atom stereocenters. The molecule has 1 saturated carbocycles. The summed E-state index contributed by atoms with van der Waals surface area (Å²) in [6.07, 6.45) is -0.804. The smallest absolute Gasteiger partial charge is 0.380 e. The molecule has 0 aliphatic heterocycles. The molecule has 1 heterocycles. The van der Waals surface area contributed by atoms with Gasteiger partial charge in [0.2, 0.25) is 0 Å². The van der Waals surface area contributed by atoms with Gasteiger partial charge in [0, 0.05) is 10.9 Å². The largest absolute Gasteiger partial charge is 0.416 e. The molecule has 9 heteroatoms. The van der Waals surface area contributed by atoms with Gasteiger partial charge in [-0.15, -0.1) is 0 Å². The molecule has 1 amide bonds. The van der Waals surface area contributed by atoms with Crippen molar-refractivity contribution in [2.75, 3.05) is 5.32 Å². The van der Waals surface area contributed by atoms with Gasteiger partial charge in [-0.25, -0.2) is 4.98 Å². The molecule has 3 aromatic rings. The van der Waals surface area contributed by atoms with Crippen molar-refractivity contribution in [1.29, 1.82) is 0 Å². The second-order valence-corrected chi connectivity index (χ2v) is 10.4. The average Bonchev–Trinajstić information content (AvgIpc) is 3.60. The van der Waals surface area contributed by atoms with Crippen molar-refractivity contribution >= 4 is 28.3 Å². The van der Waals surface area contributed by atoms with Crippen LogP contribution < -0.4 is 5.32 Å². The standard InChI is InChI=1S/C28H25F3N2O4/c1-25(36)10-9-21(34)19-13-16-5-3-8-20(22(16)33-23(19)25)32-24(35)26(2,37)15-27(11-12-27)17-6-4-7-18(14-17)28(29,30)31/h3-10,13-14,36-37H,11-12,15H2,1-2H3,(H,32,35). The second-order valence-electron chi connectivity index (χ2n) is 10.4. The summed E-state index contributed by atoms with van der Waals surface area (Å²) in [5.74, 6) is -1.03. The van der Waals surface area contributed by atoms with Gasteiger partial charge in [-0.1, -0.05) is 30.3 Å². The monoisotopic (exact) mass is 510 g/mol. The number of nitrogens with zero attached hydrogens (tertiary/aromatic N) is 1. The first kappa shape index (κ1) is 25.1. The molecule has 5 rings (SSSR count). The predicted octanol–water partition coefficient (Wildman–Crippen LogP) is 5.03. The first-order valence-corrected chi connectivity index (χ1v) is 11.8. The number of rotatable bonds is 5. The highest BCUT2D eigenvalue weighted by molar-refractivity contribution is 6.10. The van der Waals surface area contributed by atoms with Gasteiger partial charge in [-0.3, -0.25) is 9.59 Å². The van der Waals surface area contributed by atoms with Crippen LogP contribution in [0.2, 0.25) is 0 Å². The Kier molecular flexibility index (Phi) is 5.58. The fourth-order valence-electron chi connectivity index (χ4n) is 5.02. The fourth-order valence-corrected chi connectivity index (χ4v) is 5.02. The van der Waals surface area contributed by atoms with Crippen molar-refractivity contribution in [3.63, 3.8) is 0 Å². The van der Waals surface area contributed by atoms with Crippen LogP contribution in [-0.4, -0.2) is 32.5 Å². The Morgan fingerprint density at radius 1 is 1.14 bits per heavy atom. The Bertz CT molecular complexity index is 1470. The molecule has 2 aliphatic rings. The molecule has 1 aromatic heterocycles. The lowest BCUT2D eigenvalue weighted by Gasteiger charge is -2.29. The summed E-state index contributed by atoms with van der Waals surface area (Å²) >= 11 is 0. The van der Waals surface area contributed by atoms with Crippen LogP contribution >= 0.6 is 0 Å². The predicted molar refractivity (Wildman–Crippen MR) is 131 cm³/mol. The highest BCUT2D eigenvalue weighted by Gasteiger charge is 2.51. The van der Waals surface area contributed by atoms with E-state index in [2.05, 4.69) is 10.3 Å². The molecule has 37 heavy (non-hydrogen) atoms. The molecule has 2 aliphatic carbocycles. The molecule has 3 N–H and O–H groups in total. The number of allylic oxidation sites excluding steroid dienone is 1. The van der Waals surface area contributed by atoms with Crippen LogP contribution in [0.15, 0.2) is 60.7 Å². The maximum Gasteiger partial charge on any atom is 0.416 e. The number of para-hydroxylation sites is 1. The van der Waals surface area contributed by atoms with Gasteiger partial charge < -0.3 is 15.5 Å². The van der Waals surface area contributed by atoms with E-state index in [1.165, 1.54) is 32.1 Å². The number of nitrogens with one attached hydrogen (secondary N) is 1. The third-order valence-corrected chi connectivity index (χ3v) is 7.23. The topological polar surface area (TPSA) is 99.5 Å². The Morgan fingerprint density at radius 3 is 2.51 bits per heavy atom. The van der Waals surface area contributed by atoms with Gasteiger partial charge in [-0.05, 0) is 74.4 Å². The van der Waals surface area contributed by atoms with E-state index in [0.717, 1.165) is 12.1 Å². The molecule has 0 radical (unpaired) electrons. The minimum atomic E-state index is -4.49. The first-order chi connectivity index (χ1) is 17.2. The number of ketones is 1. The van der Waals surface area contributed by atoms with E-state index in [1.807, 2.05) is 0 Å². The van der Waals surface area contributed by atoms with Gasteiger partial charge in [0.05, 0.1) is 22.5 Å². The van der Waals surface area contributed by atoms with E-state index in [9.17, 15) is 33.0 Å². The SMILES string of the molecule is CC(O)(CC1(c2cccc(C(F)(F)F)c2)CC1)C(=O)Nc1cccc2cc3c(nc12)C(C)(O)C=CC3=O. The third-order valence-electron chi connectivity index (χ3n) is 7.23. The lowest BCUT2D eigenvalue weighted by atomic mass is 9.83. The summed E-state index contributed by atoms with van der Waals surface area (Å²) in [7, 11) is 0. The molecule has 0 spiro atoms. The number of amides is 1. The number of fused-ring (bicyclic) bond motifs is 2. The molecule has 2 aromatic carbocycles. The minimum Gasteiger partial charge on any atom is -0.380 e. The number of carbonyl (C=O) groups excluding carboxylic acids is 2. The molecule has 192 valence electrons. The Labute approximate surface area is 210 Å². The normalized spacial score (nSPS) is 21.9. The Balaban J connectivity index is 1.43. The molecule has 6 nitrogen and oxygen atoms in total. The second kappa shape index (κ2) is 8.22. The van der Waals surface area contributed by atoms with Crippen LogP contribution in [0.25, 0.3) is 10.9 Å². The van der Waals surface area contributed by atoms with E-state index >= 15 is 0 Å². The number of aromatic nitrogens is 1.